The molecule has 2 aromatic rings. The van der Waals surface area contributed by atoms with Crippen LogP contribution in [-0.2, 0) is 5.41 Å². The molecule has 82 valence electrons. The van der Waals surface area contributed by atoms with Crippen molar-refractivity contribution in [2.24, 2.45) is 0 Å². The highest BCUT2D eigenvalue weighted by Gasteiger charge is 2.45. The molecule has 1 aliphatic rings. The van der Waals surface area contributed by atoms with Gasteiger partial charge in [0.05, 0.1) is 12.3 Å². The van der Waals surface area contributed by atoms with E-state index in [1.807, 2.05) is 12.1 Å². The first-order chi connectivity index (χ1) is 7.84. The van der Waals surface area contributed by atoms with Crippen LogP contribution in [0.25, 0.3) is 10.6 Å². The zero-order valence-electron chi connectivity index (χ0n) is 8.76. The van der Waals surface area contributed by atoms with Gasteiger partial charge in [0.15, 0.2) is 0 Å². The lowest BCUT2D eigenvalue weighted by atomic mass is 10.1. The summed E-state index contributed by atoms with van der Waals surface area (Å²) in [6.07, 6.45) is 5.66. The zero-order chi connectivity index (χ0) is 11.0. The fraction of sp³-hybridized carbons (Fsp3) is 0.333. The molecule has 0 aromatic carbocycles. The lowest BCUT2D eigenvalue weighted by Gasteiger charge is -2.06. The van der Waals surface area contributed by atoms with Crippen molar-refractivity contribution in [1.82, 2.24) is 9.97 Å². The topological polar surface area (TPSA) is 46.0 Å². The van der Waals surface area contributed by atoms with E-state index >= 15 is 0 Å². The minimum atomic E-state index is -0.0260. The average Bonchev–Trinajstić information content (AvgIpc) is 3.00. The SMILES string of the molecule is OCC1(c2csc(-c3ccncc3)n2)CC1. The summed E-state index contributed by atoms with van der Waals surface area (Å²) in [5, 5.41) is 12.4. The van der Waals surface area contributed by atoms with Crippen LogP contribution in [0.15, 0.2) is 29.9 Å². The number of pyridine rings is 1. The Kier molecular flexibility index (Phi) is 2.26. The van der Waals surface area contributed by atoms with Crippen molar-refractivity contribution in [3.63, 3.8) is 0 Å². The second kappa shape index (κ2) is 3.64. The number of aliphatic hydroxyl groups excluding tert-OH is 1. The van der Waals surface area contributed by atoms with E-state index in [2.05, 4.69) is 15.3 Å². The summed E-state index contributed by atoms with van der Waals surface area (Å²) in [6.45, 7) is 0.215. The first-order valence-electron chi connectivity index (χ1n) is 5.31. The molecule has 1 N–H and O–H groups in total. The lowest BCUT2D eigenvalue weighted by molar-refractivity contribution is 0.253. The van der Waals surface area contributed by atoms with Crippen LogP contribution >= 0.6 is 11.3 Å². The Morgan fingerprint density at radius 1 is 1.31 bits per heavy atom. The Morgan fingerprint density at radius 3 is 2.69 bits per heavy atom. The number of nitrogens with zero attached hydrogens (tertiary/aromatic N) is 2. The van der Waals surface area contributed by atoms with Crippen molar-refractivity contribution in [2.45, 2.75) is 18.3 Å². The predicted octanol–water partition coefficient (Wildman–Crippen LogP) is 2.23. The molecule has 0 bridgehead atoms. The molecule has 1 saturated carbocycles. The van der Waals surface area contributed by atoms with E-state index < -0.39 is 0 Å². The summed E-state index contributed by atoms with van der Waals surface area (Å²) in [7, 11) is 0. The van der Waals surface area contributed by atoms with Crippen molar-refractivity contribution >= 4 is 11.3 Å². The molecule has 1 aliphatic carbocycles. The molecule has 16 heavy (non-hydrogen) atoms. The highest BCUT2D eigenvalue weighted by atomic mass is 32.1. The third kappa shape index (κ3) is 1.54. The maximum absolute atomic E-state index is 9.34. The van der Waals surface area contributed by atoms with Crippen molar-refractivity contribution in [1.29, 1.82) is 0 Å². The number of hydrogen-bond acceptors (Lipinski definition) is 4. The lowest BCUT2D eigenvalue weighted by Crippen LogP contribution is -2.11. The van der Waals surface area contributed by atoms with Crippen LogP contribution in [0.4, 0.5) is 0 Å². The first kappa shape index (κ1) is 9.93. The Balaban J connectivity index is 1.94. The molecule has 0 radical (unpaired) electrons. The van der Waals surface area contributed by atoms with Crippen molar-refractivity contribution in [3.05, 3.63) is 35.6 Å². The maximum atomic E-state index is 9.34. The van der Waals surface area contributed by atoms with Gasteiger partial charge in [-0.2, -0.15) is 0 Å². The second-order valence-electron chi connectivity index (χ2n) is 4.21. The van der Waals surface area contributed by atoms with Crippen molar-refractivity contribution < 1.29 is 5.11 Å². The van der Waals surface area contributed by atoms with E-state index in [1.54, 1.807) is 23.7 Å². The highest BCUT2D eigenvalue weighted by molar-refractivity contribution is 7.13. The Hall–Kier alpha value is -1.26. The van der Waals surface area contributed by atoms with E-state index in [0.29, 0.717) is 0 Å². The quantitative estimate of drug-likeness (QED) is 0.882. The van der Waals surface area contributed by atoms with Gasteiger partial charge in [0.1, 0.15) is 5.01 Å². The molecule has 0 spiro atoms. The van der Waals surface area contributed by atoms with Crippen LogP contribution < -0.4 is 0 Å². The van der Waals surface area contributed by atoms with Crippen LogP contribution in [0, 0.1) is 0 Å². The molecule has 0 amide bonds. The van der Waals surface area contributed by atoms with Crippen LogP contribution in [0.3, 0.4) is 0 Å². The van der Waals surface area contributed by atoms with Gasteiger partial charge in [-0.1, -0.05) is 0 Å². The molecule has 1 fully saturated rings. The molecule has 0 atom stereocenters. The van der Waals surface area contributed by atoms with E-state index in [4.69, 9.17) is 0 Å². The number of thiazole rings is 1. The largest absolute Gasteiger partial charge is 0.395 e. The summed E-state index contributed by atoms with van der Waals surface area (Å²) in [6, 6.07) is 3.92. The van der Waals surface area contributed by atoms with Gasteiger partial charge in [-0.3, -0.25) is 4.98 Å². The summed E-state index contributed by atoms with van der Waals surface area (Å²) in [5.74, 6) is 0. The number of rotatable bonds is 3. The van der Waals surface area contributed by atoms with Gasteiger partial charge in [-0.25, -0.2) is 4.98 Å². The molecule has 2 aromatic heterocycles. The Labute approximate surface area is 97.8 Å². The average molecular weight is 232 g/mol. The molecule has 3 nitrogen and oxygen atoms in total. The molecule has 2 heterocycles. The molecular formula is C12H12N2OS. The Morgan fingerprint density at radius 2 is 2.06 bits per heavy atom. The predicted molar refractivity (Wildman–Crippen MR) is 63.3 cm³/mol. The standard InChI is InChI=1S/C12H12N2OS/c15-8-12(3-4-12)10-7-16-11(14-10)9-1-5-13-6-2-9/h1-2,5-7,15H,3-4,8H2. The fourth-order valence-electron chi connectivity index (χ4n) is 1.79. The molecule has 0 aliphatic heterocycles. The van der Waals surface area contributed by atoms with Crippen LogP contribution in [0.1, 0.15) is 18.5 Å². The number of hydrogen-bond donors (Lipinski definition) is 1. The first-order valence-corrected chi connectivity index (χ1v) is 6.19. The summed E-state index contributed by atoms with van der Waals surface area (Å²) < 4.78 is 0. The van der Waals surface area contributed by atoms with E-state index in [-0.39, 0.29) is 12.0 Å². The van der Waals surface area contributed by atoms with Crippen LogP contribution in [-0.4, -0.2) is 21.7 Å². The molecule has 0 unspecified atom stereocenters. The zero-order valence-corrected chi connectivity index (χ0v) is 9.57. The van der Waals surface area contributed by atoms with Gasteiger partial charge in [-0.05, 0) is 25.0 Å². The summed E-state index contributed by atoms with van der Waals surface area (Å²) >= 11 is 1.63. The third-order valence-electron chi connectivity index (χ3n) is 3.13. The van der Waals surface area contributed by atoms with E-state index in [0.717, 1.165) is 29.1 Å². The number of aromatic nitrogens is 2. The van der Waals surface area contributed by atoms with Gasteiger partial charge >= 0.3 is 0 Å². The molecule has 4 heteroatoms. The smallest absolute Gasteiger partial charge is 0.123 e. The Bertz CT molecular complexity index is 491. The van der Waals surface area contributed by atoms with E-state index in [1.165, 1.54) is 0 Å². The summed E-state index contributed by atoms with van der Waals surface area (Å²) in [5.41, 5.74) is 2.12. The number of aliphatic hydroxyl groups is 1. The normalized spacial score (nSPS) is 17.3. The van der Waals surface area contributed by atoms with Crippen molar-refractivity contribution in [3.8, 4) is 10.6 Å². The summed E-state index contributed by atoms with van der Waals surface area (Å²) in [4.78, 5) is 8.61. The van der Waals surface area contributed by atoms with Gasteiger partial charge in [0.25, 0.3) is 0 Å². The third-order valence-corrected chi connectivity index (χ3v) is 4.02. The van der Waals surface area contributed by atoms with Gasteiger partial charge in [0.2, 0.25) is 0 Å². The molecular weight excluding hydrogens is 220 g/mol. The second-order valence-corrected chi connectivity index (χ2v) is 5.07. The molecule has 3 rings (SSSR count). The minimum Gasteiger partial charge on any atom is -0.395 e. The highest BCUT2D eigenvalue weighted by Crippen LogP contribution is 2.48. The van der Waals surface area contributed by atoms with Crippen molar-refractivity contribution in [2.75, 3.05) is 6.61 Å². The fourth-order valence-corrected chi connectivity index (χ4v) is 2.74. The van der Waals surface area contributed by atoms with E-state index in [9.17, 15) is 5.11 Å². The van der Waals surface area contributed by atoms with Gasteiger partial charge in [-0.15, -0.1) is 11.3 Å². The maximum Gasteiger partial charge on any atom is 0.123 e. The van der Waals surface area contributed by atoms with Crippen LogP contribution in [0.2, 0.25) is 0 Å². The molecule has 0 saturated heterocycles. The van der Waals surface area contributed by atoms with Gasteiger partial charge in [0, 0.05) is 28.8 Å². The minimum absolute atomic E-state index is 0.0260. The van der Waals surface area contributed by atoms with Crippen LogP contribution in [0.5, 0.6) is 0 Å². The monoisotopic (exact) mass is 232 g/mol. The van der Waals surface area contributed by atoms with Gasteiger partial charge < -0.3 is 5.11 Å².